The van der Waals surface area contributed by atoms with Crippen LogP contribution in [0.2, 0.25) is 0 Å². The summed E-state index contributed by atoms with van der Waals surface area (Å²) < 4.78 is 32.1. The van der Waals surface area contributed by atoms with Crippen molar-refractivity contribution in [2.45, 2.75) is 44.7 Å². The third-order valence-corrected chi connectivity index (χ3v) is 4.76. The first-order valence-corrected chi connectivity index (χ1v) is 8.71. The topological polar surface area (TPSA) is 67.4 Å². The molecule has 5 nitrogen and oxygen atoms in total. The van der Waals surface area contributed by atoms with Crippen LogP contribution >= 0.6 is 0 Å². The smallest absolute Gasteiger partial charge is 0.240 e. The average Bonchev–Trinajstić information content (AvgIpc) is 2.46. The van der Waals surface area contributed by atoms with Gasteiger partial charge in [-0.2, -0.15) is 0 Å². The second-order valence-corrected chi connectivity index (χ2v) is 6.93. The minimum atomic E-state index is -3.49. The lowest BCUT2D eigenvalue weighted by Crippen LogP contribution is -2.31. The quantitative estimate of drug-likeness (QED) is 0.682. The van der Waals surface area contributed by atoms with E-state index in [4.69, 9.17) is 4.74 Å². The van der Waals surface area contributed by atoms with E-state index in [-0.39, 0.29) is 12.6 Å². The fourth-order valence-electron chi connectivity index (χ4n) is 1.80. The molecule has 0 aliphatic rings. The van der Waals surface area contributed by atoms with Crippen LogP contribution in [0.3, 0.4) is 0 Å². The molecule has 1 aromatic rings. The highest BCUT2D eigenvalue weighted by Gasteiger charge is 2.16. The second-order valence-electron chi connectivity index (χ2n) is 5.16. The number of benzene rings is 1. The summed E-state index contributed by atoms with van der Waals surface area (Å²) in [5.41, 5.74) is 2.09. The zero-order valence-corrected chi connectivity index (χ0v) is 14.1. The molecule has 0 amide bonds. The fourth-order valence-corrected chi connectivity index (χ4v) is 2.96. The summed E-state index contributed by atoms with van der Waals surface area (Å²) in [6.45, 7) is 7.76. The van der Waals surface area contributed by atoms with Crippen LogP contribution in [0, 0.1) is 6.92 Å². The van der Waals surface area contributed by atoms with E-state index in [9.17, 15) is 8.42 Å². The molecule has 0 saturated heterocycles. The van der Waals surface area contributed by atoms with E-state index in [1.54, 1.807) is 19.2 Å². The zero-order chi connectivity index (χ0) is 15.9. The Morgan fingerprint density at radius 3 is 2.67 bits per heavy atom. The van der Waals surface area contributed by atoms with Crippen molar-refractivity contribution < 1.29 is 13.2 Å². The van der Waals surface area contributed by atoms with Crippen molar-refractivity contribution in [2.24, 2.45) is 0 Å². The standard InChI is InChI=1S/C15H26N2O3S/c1-5-8-16-11-14-9-15(7-6-12(14)2)21(18,19)17-10-13(3)20-4/h6-7,9,13,16-17H,5,8,10-11H2,1-4H3. The first kappa shape index (κ1) is 18.1. The molecule has 120 valence electrons. The largest absolute Gasteiger partial charge is 0.380 e. The van der Waals surface area contributed by atoms with Crippen LogP contribution in [0.1, 0.15) is 31.4 Å². The molecule has 1 aromatic carbocycles. The maximum absolute atomic E-state index is 12.3. The fraction of sp³-hybridized carbons (Fsp3) is 0.600. The van der Waals surface area contributed by atoms with Crippen LogP contribution in [-0.2, 0) is 21.3 Å². The van der Waals surface area contributed by atoms with E-state index in [2.05, 4.69) is 17.0 Å². The Bertz CT molecular complexity index is 544. The van der Waals surface area contributed by atoms with Gasteiger partial charge in [0.2, 0.25) is 10.0 Å². The molecule has 21 heavy (non-hydrogen) atoms. The highest BCUT2D eigenvalue weighted by molar-refractivity contribution is 7.89. The molecule has 1 unspecified atom stereocenters. The van der Waals surface area contributed by atoms with Gasteiger partial charge in [-0.05, 0) is 50.1 Å². The average molecular weight is 314 g/mol. The van der Waals surface area contributed by atoms with E-state index in [1.807, 2.05) is 19.9 Å². The molecule has 2 N–H and O–H groups in total. The van der Waals surface area contributed by atoms with Crippen molar-refractivity contribution in [2.75, 3.05) is 20.2 Å². The van der Waals surface area contributed by atoms with Gasteiger partial charge in [0.1, 0.15) is 0 Å². The molecule has 0 saturated carbocycles. The molecule has 1 atom stereocenters. The molecule has 0 bridgehead atoms. The Kier molecular flexibility index (Phi) is 7.31. The third kappa shape index (κ3) is 5.74. The summed E-state index contributed by atoms with van der Waals surface area (Å²) in [6.07, 6.45) is 0.893. The second kappa shape index (κ2) is 8.48. The van der Waals surface area contributed by atoms with Crippen molar-refractivity contribution in [3.63, 3.8) is 0 Å². The minimum Gasteiger partial charge on any atom is -0.380 e. The molecule has 1 rings (SSSR count). The number of sulfonamides is 1. The zero-order valence-electron chi connectivity index (χ0n) is 13.3. The summed E-state index contributed by atoms with van der Waals surface area (Å²) in [7, 11) is -1.94. The molecule has 0 spiro atoms. The van der Waals surface area contributed by atoms with Crippen molar-refractivity contribution >= 4 is 10.0 Å². The van der Waals surface area contributed by atoms with Gasteiger partial charge in [0.05, 0.1) is 11.0 Å². The summed E-state index contributed by atoms with van der Waals surface area (Å²) >= 11 is 0. The number of hydrogen-bond acceptors (Lipinski definition) is 4. The maximum atomic E-state index is 12.3. The van der Waals surface area contributed by atoms with Crippen LogP contribution in [0.4, 0.5) is 0 Å². The van der Waals surface area contributed by atoms with E-state index >= 15 is 0 Å². The molecule has 0 heterocycles. The van der Waals surface area contributed by atoms with Crippen LogP contribution in [0.15, 0.2) is 23.1 Å². The minimum absolute atomic E-state index is 0.157. The lowest BCUT2D eigenvalue weighted by atomic mass is 10.1. The van der Waals surface area contributed by atoms with Gasteiger partial charge < -0.3 is 10.1 Å². The summed E-state index contributed by atoms with van der Waals surface area (Å²) in [5.74, 6) is 0. The van der Waals surface area contributed by atoms with Crippen LogP contribution in [-0.4, -0.2) is 34.7 Å². The number of nitrogens with one attached hydrogen (secondary N) is 2. The number of methoxy groups -OCH3 is 1. The molecule has 6 heteroatoms. The normalized spacial score (nSPS) is 13.3. The number of ether oxygens (including phenoxy) is 1. The first-order chi connectivity index (χ1) is 9.90. The van der Waals surface area contributed by atoms with Gasteiger partial charge in [0.15, 0.2) is 0 Å². The highest BCUT2D eigenvalue weighted by Crippen LogP contribution is 2.15. The SMILES string of the molecule is CCCNCc1cc(S(=O)(=O)NCC(C)OC)ccc1C. The Labute approximate surface area is 128 Å². The van der Waals surface area contributed by atoms with Crippen molar-refractivity contribution in [3.8, 4) is 0 Å². The van der Waals surface area contributed by atoms with Crippen LogP contribution < -0.4 is 10.0 Å². The maximum Gasteiger partial charge on any atom is 0.240 e. The van der Waals surface area contributed by atoms with Gasteiger partial charge in [0.25, 0.3) is 0 Å². The molecular formula is C15H26N2O3S. The lowest BCUT2D eigenvalue weighted by molar-refractivity contribution is 0.122. The summed E-state index contributed by atoms with van der Waals surface area (Å²) in [4.78, 5) is 0.296. The molecular weight excluding hydrogens is 288 g/mol. The van der Waals surface area contributed by atoms with Gasteiger partial charge in [-0.15, -0.1) is 0 Å². The first-order valence-electron chi connectivity index (χ1n) is 7.23. The van der Waals surface area contributed by atoms with Crippen LogP contribution in [0.25, 0.3) is 0 Å². The number of aryl methyl sites for hydroxylation is 1. The van der Waals surface area contributed by atoms with Gasteiger partial charge in [-0.1, -0.05) is 13.0 Å². The Morgan fingerprint density at radius 2 is 2.05 bits per heavy atom. The van der Waals surface area contributed by atoms with Crippen molar-refractivity contribution in [1.29, 1.82) is 0 Å². The highest BCUT2D eigenvalue weighted by atomic mass is 32.2. The third-order valence-electron chi connectivity index (χ3n) is 3.34. The number of rotatable bonds is 9. The monoisotopic (exact) mass is 314 g/mol. The van der Waals surface area contributed by atoms with E-state index in [0.717, 1.165) is 24.1 Å². The van der Waals surface area contributed by atoms with E-state index < -0.39 is 10.0 Å². The number of hydrogen-bond donors (Lipinski definition) is 2. The molecule has 0 fully saturated rings. The molecule has 0 aliphatic heterocycles. The predicted molar refractivity (Wildman–Crippen MR) is 84.8 cm³/mol. The Morgan fingerprint density at radius 1 is 1.33 bits per heavy atom. The van der Waals surface area contributed by atoms with Gasteiger partial charge in [-0.3, -0.25) is 0 Å². The lowest BCUT2D eigenvalue weighted by Gasteiger charge is -2.13. The molecule has 0 aliphatic carbocycles. The summed E-state index contributed by atoms with van der Waals surface area (Å²) in [6, 6.07) is 5.22. The van der Waals surface area contributed by atoms with Gasteiger partial charge >= 0.3 is 0 Å². The van der Waals surface area contributed by atoms with E-state index in [1.165, 1.54) is 0 Å². The van der Waals surface area contributed by atoms with Crippen LogP contribution in [0.5, 0.6) is 0 Å². The molecule has 0 aromatic heterocycles. The summed E-state index contributed by atoms with van der Waals surface area (Å²) in [5, 5.41) is 3.29. The Hall–Kier alpha value is -0.950. The molecule has 0 radical (unpaired) electrons. The Balaban J connectivity index is 2.84. The predicted octanol–water partition coefficient (Wildman–Crippen LogP) is 1.81. The van der Waals surface area contributed by atoms with Gasteiger partial charge in [0, 0.05) is 20.2 Å². The van der Waals surface area contributed by atoms with Crippen molar-refractivity contribution in [3.05, 3.63) is 29.3 Å². The van der Waals surface area contributed by atoms with Crippen molar-refractivity contribution in [1.82, 2.24) is 10.0 Å². The van der Waals surface area contributed by atoms with E-state index in [0.29, 0.717) is 11.4 Å². The van der Waals surface area contributed by atoms with Gasteiger partial charge in [-0.25, -0.2) is 13.1 Å².